The summed E-state index contributed by atoms with van der Waals surface area (Å²) in [5.41, 5.74) is 0.795. The minimum Gasteiger partial charge on any atom is -0.369 e. The Bertz CT molecular complexity index is 391. The van der Waals surface area contributed by atoms with Gasteiger partial charge in [-0.2, -0.15) is 0 Å². The molecule has 1 unspecified atom stereocenters. The van der Waals surface area contributed by atoms with Gasteiger partial charge >= 0.3 is 0 Å². The molecule has 0 amide bonds. The molecule has 1 rings (SSSR count). The number of nitrogens with one attached hydrogen (secondary N) is 1. The zero-order valence-electron chi connectivity index (χ0n) is 8.48. The Balaban J connectivity index is 2.68. The Morgan fingerprint density at radius 1 is 1.33 bits per heavy atom. The first-order valence-corrected chi connectivity index (χ1v) is 6.90. The van der Waals surface area contributed by atoms with Crippen LogP contribution in [-0.4, -0.2) is 25.4 Å². The van der Waals surface area contributed by atoms with E-state index in [1.54, 1.807) is 6.92 Å². The van der Waals surface area contributed by atoms with E-state index in [1.165, 1.54) is 0 Å². The zero-order chi connectivity index (χ0) is 11.3. The largest absolute Gasteiger partial charge is 0.369 e. The van der Waals surface area contributed by atoms with Gasteiger partial charge in [-0.3, -0.25) is 0 Å². The Morgan fingerprint density at radius 2 is 1.93 bits per heavy atom. The van der Waals surface area contributed by atoms with Crippen molar-refractivity contribution in [3.8, 4) is 0 Å². The van der Waals surface area contributed by atoms with Gasteiger partial charge in [0, 0.05) is 11.6 Å². The molecule has 0 aliphatic carbocycles. The van der Waals surface area contributed by atoms with Crippen LogP contribution in [0.25, 0.3) is 0 Å². The van der Waals surface area contributed by atoms with E-state index in [0.717, 1.165) is 5.69 Å². The van der Waals surface area contributed by atoms with Crippen molar-refractivity contribution in [3.63, 3.8) is 0 Å². The summed E-state index contributed by atoms with van der Waals surface area (Å²) in [6, 6.07) is 9.23. The van der Waals surface area contributed by atoms with Crippen LogP contribution in [0, 0.1) is 0 Å². The van der Waals surface area contributed by atoms with E-state index < -0.39 is 15.2 Å². The van der Waals surface area contributed by atoms with E-state index >= 15 is 0 Å². The summed E-state index contributed by atoms with van der Waals surface area (Å²) < 4.78 is 23.2. The quantitative estimate of drug-likeness (QED) is 0.811. The Hall–Kier alpha value is -0.740. The van der Waals surface area contributed by atoms with Crippen LogP contribution in [0.2, 0.25) is 0 Å². The number of benzene rings is 1. The Labute approximate surface area is 95.4 Å². The molecule has 0 saturated carbocycles. The van der Waals surface area contributed by atoms with Gasteiger partial charge in [-0.25, -0.2) is 8.42 Å². The highest BCUT2D eigenvalue weighted by atomic mass is 35.5. The predicted octanol–water partition coefficient (Wildman–Crippen LogP) is 2.10. The minimum atomic E-state index is -3.15. The lowest BCUT2D eigenvalue weighted by molar-refractivity contribution is 0.590. The standard InChI is InChI=1S/C10H14ClNO2S/c1-9(15(13,14)8-7-11)12-10-5-3-2-4-6-10/h2-6,9,12H,7-8H2,1H3. The summed E-state index contributed by atoms with van der Waals surface area (Å²) in [7, 11) is -3.15. The third-order valence-electron chi connectivity index (χ3n) is 2.04. The highest BCUT2D eigenvalue weighted by molar-refractivity contribution is 7.92. The van der Waals surface area contributed by atoms with Gasteiger partial charge in [-0.1, -0.05) is 18.2 Å². The smallest absolute Gasteiger partial charge is 0.171 e. The van der Waals surface area contributed by atoms with Crippen LogP contribution in [0.4, 0.5) is 5.69 Å². The van der Waals surface area contributed by atoms with Crippen molar-refractivity contribution in [2.45, 2.75) is 12.3 Å². The minimum absolute atomic E-state index is 0.00441. The molecule has 15 heavy (non-hydrogen) atoms. The van der Waals surface area contributed by atoms with E-state index in [9.17, 15) is 8.42 Å². The fraction of sp³-hybridized carbons (Fsp3) is 0.400. The van der Waals surface area contributed by atoms with Crippen molar-refractivity contribution in [2.24, 2.45) is 0 Å². The fourth-order valence-electron chi connectivity index (χ4n) is 1.14. The monoisotopic (exact) mass is 247 g/mol. The van der Waals surface area contributed by atoms with E-state index in [2.05, 4.69) is 5.32 Å². The van der Waals surface area contributed by atoms with Crippen LogP contribution < -0.4 is 5.32 Å². The molecule has 0 bridgehead atoms. The molecule has 3 nitrogen and oxygen atoms in total. The van der Waals surface area contributed by atoms with Crippen molar-refractivity contribution in [2.75, 3.05) is 16.9 Å². The maximum absolute atomic E-state index is 11.6. The molecular formula is C10H14ClNO2S. The topological polar surface area (TPSA) is 46.2 Å². The van der Waals surface area contributed by atoms with E-state index in [-0.39, 0.29) is 11.6 Å². The fourth-order valence-corrected chi connectivity index (χ4v) is 2.67. The van der Waals surface area contributed by atoms with Gasteiger partial charge in [0.15, 0.2) is 9.84 Å². The van der Waals surface area contributed by atoms with E-state index in [0.29, 0.717) is 0 Å². The molecule has 0 heterocycles. The SMILES string of the molecule is CC(Nc1ccccc1)S(=O)(=O)CCCl. The lowest BCUT2D eigenvalue weighted by Gasteiger charge is -2.15. The van der Waals surface area contributed by atoms with Crippen molar-refractivity contribution < 1.29 is 8.42 Å². The number of rotatable bonds is 5. The average molecular weight is 248 g/mol. The second-order valence-electron chi connectivity index (χ2n) is 3.21. The molecule has 5 heteroatoms. The summed E-state index contributed by atoms with van der Waals surface area (Å²) in [6.07, 6.45) is 0. The molecule has 0 aliphatic heterocycles. The van der Waals surface area contributed by atoms with Gasteiger partial charge < -0.3 is 5.32 Å². The van der Waals surface area contributed by atoms with Gasteiger partial charge in [0.25, 0.3) is 0 Å². The van der Waals surface area contributed by atoms with Crippen LogP contribution in [0.5, 0.6) is 0 Å². The molecule has 84 valence electrons. The second kappa shape index (κ2) is 5.37. The van der Waals surface area contributed by atoms with Crippen LogP contribution in [0.15, 0.2) is 30.3 Å². The first-order valence-electron chi connectivity index (χ1n) is 4.65. The van der Waals surface area contributed by atoms with Gasteiger partial charge in [-0.05, 0) is 19.1 Å². The molecule has 1 aromatic rings. The normalized spacial score (nSPS) is 13.5. The van der Waals surface area contributed by atoms with E-state index in [1.807, 2.05) is 30.3 Å². The van der Waals surface area contributed by atoms with Gasteiger partial charge in [0.2, 0.25) is 0 Å². The van der Waals surface area contributed by atoms with E-state index in [4.69, 9.17) is 11.6 Å². The van der Waals surface area contributed by atoms with Crippen molar-refractivity contribution in [3.05, 3.63) is 30.3 Å². The molecular weight excluding hydrogens is 234 g/mol. The molecule has 0 spiro atoms. The Morgan fingerprint density at radius 3 is 2.47 bits per heavy atom. The summed E-state index contributed by atoms with van der Waals surface area (Å²) in [4.78, 5) is 0. The summed E-state index contributed by atoms with van der Waals surface area (Å²) in [6.45, 7) is 1.62. The maximum atomic E-state index is 11.6. The van der Waals surface area contributed by atoms with Gasteiger partial charge in [-0.15, -0.1) is 11.6 Å². The van der Waals surface area contributed by atoms with Crippen molar-refractivity contribution >= 4 is 27.1 Å². The van der Waals surface area contributed by atoms with Crippen LogP contribution in [0.3, 0.4) is 0 Å². The molecule has 0 aliphatic rings. The van der Waals surface area contributed by atoms with Gasteiger partial charge in [0.1, 0.15) is 5.37 Å². The number of para-hydroxylation sites is 1. The number of halogens is 1. The molecule has 1 atom stereocenters. The van der Waals surface area contributed by atoms with Crippen LogP contribution in [0.1, 0.15) is 6.92 Å². The summed E-state index contributed by atoms with van der Waals surface area (Å²) in [5.74, 6) is 0.124. The number of anilines is 1. The molecule has 1 aromatic carbocycles. The third kappa shape index (κ3) is 3.72. The summed E-state index contributed by atoms with van der Waals surface area (Å²) in [5, 5.41) is 2.31. The van der Waals surface area contributed by atoms with Gasteiger partial charge in [0.05, 0.1) is 5.75 Å². The summed E-state index contributed by atoms with van der Waals surface area (Å²) >= 11 is 5.43. The molecule has 0 radical (unpaired) electrons. The average Bonchev–Trinajstić information content (AvgIpc) is 2.19. The first-order chi connectivity index (χ1) is 7.06. The molecule has 0 aromatic heterocycles. The highest BCUT2D eigenvalue weighted by Gasteiger charge is 2.19. The maximum Gasteiger partial charge on any atom is 0.171 e. The molecule has 0 fully saturated rings. The lowest BCUT2D eigenvalue weighted by Crippen LogP contribution is -2.29. The lowest BCUT2D eigenvalue weighted by atomic mass is 10.3. The van der Waals surface area contributed by atoms with Crippen molar-refractivity contribution in [1.82, 2.24) is 0 Å². The van der Waals surface area contributed by atoms with Crippen LogP contribution >= 0.6 is 11.6 Å². The zero-order valence-corrected chi connectivity index (χ0v) is 10.1. The van der Waals surface area contributed by atoms with Crippen LogP contribution in [-0.2, 0) is 9.84 Å². The molecule has 0 saturated heterocycles. The molecule has 1 N–H and O–H groups in total. The third-order valence-corrected chi connectivity index (χ3v) is 4.43. The van der Waals surface area contributed by atoms with Crippen molar-refractivity contribution in [1.29, 1.82) is 0 Å². The number of alkyl halides is 1. The number of hydrogen-bond acceptors (Lipinski definition) is 3. The predicted molar refractivity (Wildman–Crippen MR) is 64.0 cm³/mol. The first kappa shape index (κ1) is 12.3. The second-order valence-corrected chi connectivity index (χ2v) is 6.03. The number of hydrogen-bond donors (Lipinski definition) is 1. The Kier molecular flexibility index (Phi) is 4.42. The highest BCUT2D eigenvalue weighted by Crippen LogP contribution is 2.10. The number of sulfone groups is 1.